The second kappa shape index (κ2) is 9.18. The fourth-order valence-electron chi connectivity index (χ4n) is 3.95. The highest BCUT2D eigenvalue weighted by Crippen LogP contribution is 2.36. The van der Waals surface area contributed by atoms with Crippen LogP contribution >= 0.6 is 0 Å². The molecule has 1 aliphatic heterocycles. The van der Waals surface area contributed by atoms with Crippen LogP contribution in [0.4, 0.5) is 28.4 Å². The molecule has 2 aromatic rings. The Balaban J connectivity index is 1.85. The molecule has 1 fully saturated rings. The number of amides is 1. The highest BCUT2D eigenvalue weighted by molar-refractivity contribution is 5.99. The fourth-order valence-corrected chi connectivity index (χ4v) is 3.95. The number of rotatable bonds is 6. The van der Waals surface area contributed by atoms with E-state index >= 15 is 0 Å². The lowest BCUT2D eigenvalue weighted by Crippen LogP contribution is -2.54. The Kier molecular flexibility index (Phi) is 6.56. The predicted octanol–water partition coefficient (Wildman–Crippen LogP) is 2.51. The number of carbonyl (C=O) groups is 1. The molecule has 1 atom stereocenters. The molecule has 0 radical (unpaired) electrons. The minimum Gasteiger partial charge on any atom is -0.496 e. The van der Waals surface area contributed by atoms with Gasteiger partial charge in [-0.2, -0.15) is 0 Å². The number of piperazine rings is 1. The summed E-state index contributed by atoms with van der Waals surface area (Å²) in [5.41, 5.74) is 6.72. The Morgan fingerprint density at radius 3 is 2.30 bits per heavy atom. The summed E-state index contributed by atoms with van der Waals surface area (Å²) in [5.74, 6) is -0.109. The largest absolute Gasteiger partial charge is 0.496 e. The molecule has 1 amide bonds. The van der Waals surface area contributed by atoms with Crippen molar-refractivity contribution in [2.75, 3.05) is 56.4 Å². The molecule has 12 heteroatoms. The van der Waals surface area contributed by atoms with Crippen LogP contribution < -0.4 is 20.3 Å². The molecule has 0 saturated carbocycles. The van der Waals surface area contributed by atoms with E-state index < -0.39 is 9.85 Å². The summed E-state index contributed by atoms with van der Waals surface area (Å²) >= 11 is 0. The molecule has 176 valence electrons. The zero-order valence-corrected chi connectivity index (χ0v) is 18.8. The maximum Gasteiger partial charge on any atom is 0.293 e. The van der Waals surface area contributed by atoms with Gasteiger partial charge in [0.05, 0.1) is 22.5 Å². The maximum absolute atomic E-state index is 13.4. The van der Waals surface area contributed by atoms with Gasteiger partial charge in [-0.3, -0.25) is 25.0 Å². The minimum atomic E-state index is -0.535. The lowest BCUT2D eigenvalue weighted by atomic mass is 10.1. The second-order valence-electron chi connectivity index (χ2n) is 7.99. The molecule has 12 nitrogen and oxygen atoms in total. The van der Waals surface area contributed by atoms with Crippen LogP contribution in [0, 0.1) is 20.2 Å². The molecule has 3 rings (SSSR count). The number of hydrogen-bond acceptors (Lipinski definition) is 9. The number of carbonyl (C=O) groups excluding carboxylic acids is 1. The van der Waals surface area contributed by atoms with Crippen LogP contribution in [0.1, 0.15) is 17.3 Å². The van der Waals surface area contributed by atoms with Crippen molar-refractivity contribution in [1.82, 2.24) is 4.90 Å². The second-order valence-corrected chi connectivity index (χ2v) is 7.99. The Labute approximate surface area is 190 Å². The third-order valence-electron chi connectivity index (χ3n) is 5.67. The van der Waals surface area contributed by atoms with Crippen molar-refractivity contribution in [3.63, 3.8) is 0 Å². The molecule has 2 aromatic carbocycles. The zero-order valence-electron chi connectivity index (χ0n) is 18.8. The van der Waals surface area contributed by atoms with E-state index in [4.69, 9.17) is 10.5 Å². The van der Waals surface area contributed by atoms with Crippen molar-refractivity contribution < 1.29 is 19.4 Å². The van der Waals surface area contributed by atoms with Crippen molar-refractivity contribution in [3.05, 3.63) is 56.1 Å². The first-order valence-corrected chi connectivity index (χ1v) is 10.2. The number of nitrogen functional groups attached to an aromatic ring is 1. The minimum absolute atomic E-state index is 0.0710. The van der Waals surface area contributed by atoms with E-state index in [2.05, 4.69) is 0 Å². The molecule has 2 N–H and O–H groups in total. The summed E-state index contributed by atoms with van der Waals surface area (Å²) in [5, 5.41) is 22.6. The summed E-state index contributed by atoms with van der Waals surface area (Å²) in [4.78, 5) is 40.1. The summed E-state index contributed by atoms with van der Waals surface area (Å²) in [6.07, 6.45) is 0. The van der Waals surface area contributed by atoms with Gasteiger partial charge >= 0.3 is 0 Å². The number of nitrogens with two attached hydrogens (primary N) is 1. The average Bonchev–Trinajstić information content (AvgIpc) is 2.77. The van der Waals surface area contributed by atoms with Crippen LogP contribution in [0.5, 0.6) is 5.75 Å². The SMILES string of the molecule is COc1cc(N(C)C)c([N+](=O)[O-])cc1C(=O)N1CCN(c2ccc([N+](=O)[O-])c(N)c2)C[C@@H]1C. The predicted molar refractivity (Wildman–Crippen MR) is 124 cm³/mol. The van der Waals surface area contributed by atoms with E-state index in [9.17, 15) is 25.0 Å². The molecule has 0 spiro atoms. The first-order chi connectivity index (χ1) is 15.5. The number of ether oxygens (including phenoxy) is 1. The van der Waals surface area contributed by atoms with E-state index in [0.717, 1.165) is 5.69 Å². The number of nitro groups is 2. The standard InChI is InChI=1S/C21H26N6O6/c1-13-12-24(14-5-6-17(26(29)30)16(22)9-14)7-8-25(13)21(28)15-10-19(27(31)32)18(23(2)3)11-20(15)33-4/h5-6,9-11,13H,7-8,12,22H2,1-4H3/t13-/m0/s1. The highest BCUT2D eigenvalue weighted by Gasteiger charge is 2.32. The average molecular weight is 458 g/mol. The number of methoxy groups -OCH3 is 1. The molecule has 1 aliphatic rings. The zero-order chi connectivity index (χ0) is 24.4. The van der Waals surface area contributed by atoms with E-state index in [-0.39, 0.29) is 40.3 Å². The Morgan fingerprint density at radius 1 is 1.12 bits per heavy atom. The van der Waals surface area contributed by atoms with Crippen LogP contribution in [0.3, 0.4) is 0 Å². The number of nitro benzene ring substituents is 2. The number of anilines is 3. The fraction of sp³-hybridized carbons (Fsp3) is 0.381. The summed E-state index contributed by atoms with van der Waals surface area (Å²) in [7, 11) is 4.77. The van der Waals surface area contributed by atoms with E-state index in [1.807, 2.05) is 11.8 Å². The van der Waals surface area contributed by atoms with Gasteiger partial charge in [-0.05, 0) is 19.1 Å². The van der Waals surface area contributed by atoms with Crippen LogP contribution in [-0.2, 0) is 0 Å². The lowest BCUT2D eigenvalue weighted by Gasteiger charge is -2.41. The smallest absolute Gasteiger partial charge is 0.293 e. The molecule has 1 saturated heterocycles. The monoisotopic (exact) mass is 458 g/mol. The Hall–Kier alpha value is -4.09. The summed E-state index contributed by atoms with van der Waals surface area (Å²) in [6, 6.07) is 7.06. The van der Waals surface area contributed by atoms with Gasteiger partial charge in [0, 0.05) is 63.7 Å². The molecule has 33 heavy (non-hydrogen) atoms. The van der Waals surface area contributed by atoms with Crippen molar-refractivity contribution in [3.8, 4) is 5.75 Å². The molecule has 0 aliphatic carbocycles. The van der Waals surface area contributed by atoms with Crippen LogP contribution in [0.2, 0.25) is 0 Å². The summed E-state index contributed by atoms with van der Waals surface area (Å²) < 4.78 is 5.38. The van der Waals surface area contributed by atoms with E-state index in [1.165, 1.54) is 25.3 Å². The van der Waals surface area contributed by atoms with Crippen molar-refractivity contribution >= 4 is 34.3 Å². The molecule has 1 heterocycles. The summed E-state index contributed by atoms with van der Waals surface area (Å²) in [6.45, 7) is 3.15. The van der Waals surface area contributed by atoms with Gasteiger partial charge in [-0.25, -0.2) is 0 Å². The molecular weight excluding hydrogens is 432 g/mol. The molecule has 0 unspecified atom stereocenters. The van der Waals surface area contributed by atoms with Gasteiger partial charge in [0.15, 0.2) is 0 Å². The highest BCUT2D eigenvalue weighted by atomic mass is 16.6. The van der Waals surface area contributed by atoms with Gasteiger partial charge in [0.1, 0.15) is 17.1 Å². The number of benzene rings is 2. The normalized spacial score (nSPS) is 15.8. The van der Waals surface area contributed by atoms with Gasteiger partial charge in [-0.1, -0.05) is 0 Å². The van der Waals surface area contributed by atoms with E-state index in [0.29, 0.717) is 25.3 Å². The van der Waals surface area contributed by atoms with Gasteiger partial charge < -0.3 is 25.2 Å². The third kappa shape index (κ3) is 4.59. The lowest BCUT2D eigenvalue weighted by molar-refractivity contribution is -0.384. The van der Waals surface area contributed by atoms with Crippen LogP contribution in [0.25, 0.3) is 0 Å². The topological polar surface area (TPSA) is 148 Å². The van der Waals surface area contributed by atoms with Crippen LogP contribution in [-0.4, -0.2) is 67.5 Å². The van der Waals surface area contributed by atoms with E-state index in [1.54, 1.807) is 36.0 Å². The van der Waals surface area contributed by atoms with Crippen molar-refractivity contribution in [2.45, 2.75) is 13.0 Å². The molecular formula is C21H26N6O6. The van der Waals surface area contributed by atoms with Gasteiger partial charge in [0.2, 0.25) is 0 Å². The quantitative estimate of drug-likeness (QED) is 0.391. The molecule has 0 aromatic heterocycles. The Bertz CT molecular complexity index is 1100. The van der Waals surface area contributed by atoms with Gasteiger partial charge in [-0.15, -0.1) is 0 Å². The molecule has 0 bridgehead atoms. The number of nitrogens with zero attached hydrogens (tertiary/aromatic N) is 5. The first kappa shape index (κ1) is 23.6. The van der Waals surface area contributed by atoms with Crippen LogP contribution in [0.15, 0.2) is 30.3 Å². The van der Waals surface area contributed by atoms with Crippen molar-refractivity contribution in [1.29, 1.82) is 0 Å². The number of hydrogen-bond donors (Lipinski definition) is 1. The van der Waals surface area contributed by atoms with Gasteiger partial charge in [0.25, 0.3) is 17.3 Å². The first-order valence-electron chi connectivity index (χ1n) is 10.2. The Morgan fingerprint density at radius 2 is 1.79 bits per heavy atom. The third-order valence-corrected chi connectivity index (χ3v) is 5.67. The maximum atomic E-state index is 13.4. The van der Waals surface area contributed by atoms with Crippen molar-refractivity contribution in [2.24, 2.45) is 0 Å².